The molecule has 2 amide bonds. The summed E-state index contributed by atoms with van der Waals surface area (Å²) in [6, 6.07) is -0.138. The lowest BCUT2D eigenvalue weighted by Gasteiger charge is -2.16. The van der Waals surface area contributed by atoms with Crippen molar-refractivity contribution in [2.45, 2.75) is 46.5 Å². The van der Waals surface area contributed by atoms with Gasteiger partial charge in [-0.05, 0) is 24.7 Å². The van der Waals surface area contributed by atoms with E-state index in [2.05, 4.69) is 31.4 Å². The van der Waals surface area contributed by atoms with Gasteiger partial charge in [-0.25, -0.2) is 4.79 Å². The van der Waals surface area contributed by atoms with Gasteiger partial charge in [-0.3, -0.25) is 4.79 Å². The molecule has 106 valence electrons. The van der Waals surface area contributed by atoms with Crippen LogP contribution in [-0.2, 0) is 4.79 Å². The maximum Gasteiger partial charge on any atom is 0.314 e. The van der Waals surface area contributed by atoms with E-state index in [9.17, 15) is 9.59 Å². The number of urea groups is 1. The minimum absolute atomic E-state index is 0.138. The maximum atomic E-state index is 11.4. The maximum absolute atomic E-state index is 11.4. The Bertz CT molecular complexity index is 255. The summed E-state index contributed by atoms with van der Waals surface area (Å²) in [4.78, 5) is 21.7. The molecule has 5 heteroatoms. The van der Waals surface area contributed by atoms with E-state index in [0.29, 0.717) is 31.3 Å². The Labute approximate surface area is 109 Å². The van der Waals surface area contributed by atoms with Crippen LogP contribution < -0.4 is 10.6 Å². The van der Waals surface area contributed by atoms with Crippen LogP contribution in [0.1, 0.15) is 46.5 Å². The molecule has 0 saturated carbocycles. The lowest BCUT2D eigenvalue weighted by atomic mass is 9.98. The fourth-order valence-corrected chi connectivity index (χ4v) is 1.33. The van der Waals surface area contributed by atoms with Crippen LogP contribution in [0.2, 0.25) is 0 Å². The molecule has 0 fully saturated rings. The summed E-state index contributed by atoms with van der Waals surface area (Å²) in [7, 11) is 0. The Morgan fingerprint density at radius 1 is 1.06 bits per heavy atom. The molecule has 3 N–H and O–H groups in total. The van der Waals surface area contributed by atoms with Gasteiger partial charge in [0.2, 0.25) is 0 Å². The van der Waals surface area contributed by atoms with Crippen molar-refractivity contribution in [2.75, 3.05) is 13.1 Å². The minimum Gasteiger partial charge on any atom is -0.481 e. The van der Waals surface area contributed by atoms with E-state index in [1.54, 1.807) is 0 Å². The number of carboxylic acids is 1. The molecule has 0 bridgehead atoms. The first-order chi connectivity index (χ1) is 8.43. The summed E-state index contributed by atoms with van der Waals surface area (Å²) in [6.07, 6.45) is 2.52. The molecule has 1 atom stereocenters. The van der Waals surface area contributed by atoms with Crippen molar-refractivity contribution in [3.05, 3.63) is 0 Å². The van der Waals surface area contributed by atoms with E-state index >= 15 is 0 Å². The van der Waals surface area contributed by atoms with Gasteiger partial charge >= 0.3 is 12.0 Å². The number of carbonyl (C=O) groups is 2. The number of carbonyl (C=O) groups excluding carboxylic acids is 1. The number of hydrogen-bond acceptors (Lipinski definition) is 2. The van der Waals surface area contributed by atoms with Gasteiger partial charge in [0, 0.05) is 19.5 Å². The van der Waals surface area contributed by atoms with E-state index in [0.717, 1.165) is 12.8 Å². The van der Waals surface area contributed by atoms with E-state index in [-0.39, 0.29) is 12.5 Å². The molecule has 0 radical (unpaired) electrons. The van der Waals surface area contributed by atoms with Crippen LogP contribution >= 0.6 is 0 Å². The Kier molecular flexibility index (Phi) is 9.06. The Morgan fingerprint density at radius 3 is 2.28 bits per heavy atom. The summed E-state index contributed by atoms with van der Waals surface area (Å²) in [5.74, 6) is 0.260. The van der Waals surface area contributed by atoms with Crippen molar-refractivity contribution in [2.24, 2.45) is 11.8 Å². The predicted molar refractivity (Wildman–Crippen MR) is 71.5 cm³/mol. The number of hydrogen-bond donors (Lipinski definition) is 3. The molecule has 0 saturated heterocycles. The normalized spacial score (nSPS) is 12.2. The second kappa shape index (κ2) is 9.74. The first-order valence-corrected chi connectivity index (χ1v) is 6.67. The fourth-order valence-electron chi connectivity index (χ4n) is 1.33. The molecule has 0 aliphatic heterocycles. The topological polar surface area (TPSA) is 78.4 Å². The van der Waals surface area contributed by atoms with Crippen molar-refractivity contribution >= 4 is 12.0 Å². The summed E-state index contributed by atoms with van der Waals surface area (Å²) in [6.45, 7) is 7.65. The number of carboxylic acid groups (broad SMARTS) is 1. The number of amides is 2. The minimum atomic E-state index is -0.761. The van der Waals surface area contributed by atoms with Gasteiger partial charge in [0.15, 0.2) is 0 Å². The lowest BCUT2D eigenvalue weighted by Crippen LogP contribution is -2.39. The zero-order valence-electron chi connectivity index (χ0n) is 11.7. The van der Waals surface area contributed by atoms with Crippen LogP contribution in [-0.4, -0.2) is 30.2 Å². The number of nitrogens with one attached hydrogen (secondary N) is 2. The molecule has 5 nitrogen and oxygen atoms in total. The van der Waals surface area contributed by atoms with Crippen LogP contribution in [0.15, 0.2) is 0 Å². The molecule has 0 aliphatic carbocycles. The molecular weight excluding hydrogens is 232 g/mol. The van der Waals surface area contributed by atoms with Gasteiger partial charge in [0.25, 0.3) is 0 Å². The van der Waals surface area contributed by atoms with Gasteiger partial charge in [-0.15, -0.1) is 0 Å². The molecule has 0 aliphatic rings. The molecule has 0 aromatic heterocycles. The van der Waals surface area contributed by atoms with Crippen LogP contribution in [0.3, 0.4) is 0 Å². The molecule has 0 aromatic carbocycles. The second-order valence-electron chi connectivity index (χ2n) is 5.06. The molecule has 18 heavy (non-hydrogen) atoms. The third kappa shape index (κ3) is 9.93. The van der Waals surface area contributed by atoms with Gasteiger partial charge in [0.1, 0.15) is 0 Å². The largest absolute Gasteiger partial charge is 0.481 e. The SMILES string of the molecule is CC(C)C(C)CNC(=O)NCCCCCC(=O)O. The van der Waals surface area contributed by atoms with Crippen molar-refractivity contribution in [3.8, 4) is 0 Å². The highest BCUT2D eigenvalue weighted by atomic mass is 16.4. The number of aliphatic carboxylic acids is 1. The highest BCUT2D eigenvalue weighted by Crippen LogP contribution is 2.07. The Hall–Kier alpha value is -1.26. The van der Waals surface area contributed by atoms with E-state index in [1.807, 2.05) is 0 Å². The first-order valence-electron chi connectivity index (χ1n) is 6.67. The van der Waals surface area contributed by atoms with Crippen LogP contribution in [0.5, 0.6) is 0 Å². The van der Waals surface area contributed by atoms with Crippen molar-refractivity contribution in [1.82, 2.24) is 10.6 Å². The lowest BCUT2D eigenvalue weighted by molar-refractivity contribution is -0.137. The van der Waals surface area contributed by atoms with Crippen LogP contribution in [0.25, 0.3) is 0 Å². The standard InChI is InChI=1S/C13H26N2O3/c1-10(2)11(3)9-15-13(18)14-8-6-4-5-7-12(16)17/h10-11H,4-9H2,1-3H3,(H,16,17)(H2,14,15,18). The molecule has 1 unspecified atom stereocenters. The Balaban J connectivity index is 3.40. The smallest absolute Gasteiger partial charge is 0.314 e. The van der Waals surface area contributed by atoms with Gasteiger partial charge in [-0.1, -0.05) is 27.2 Å². The van der Waals surface area contributed by atoms with Crippen molar-refractivity contribution in [3.63, 3.8) is 0 Å². The molecular formula is C13H26N2O3. The van der Waals surface area contributed by atoms with Crippen molar-refractivity contribution in [1.29, 1.82) is 0 Å². The zero-order valence-corrected chi connectivity index (χ0v) is 11.7. The highest BCUT2D eigenvalue weighted by Gasteiger charge is 2.08. The quantitative estimate of drug-likeness (QED) is 0.555. The van der Waals surface area contributed by atoms with Crippen LogP contribution in [0.4, 0.5) is 4.79 Å². The monoisotopic (exact) mass is 258 g/mol. The molecule has 0 aromatic rings. The average molecular weight is 258 g/mol. The first kappa shape index (κ1) is 16.7. The van der Waals surface area contributed by atoms with Crippen LogP contribution in [0, 0.1) is 11.8 Å². The van der Waals surface area contributed by atoms with E-state index in [4.69, 9.17) is 5.11 Å². The predicted octanol–water partition coefficient (Wildman–Crippen LogP) is 2.22. The van der Waals surface area contributed by atoms with E-state index in [1.165, 1.54) is 0 Å². The number of rotatable bonds is 9. The fraction of sp³-hybridized carbons (Fsp3) is 0.846. The number of unbranched alkanes of at least 4 members (excludes halogenated alkanes) is 2. The van der Waals surface area contributed by atoms with Gasteiger partial charge < -0.3 is 15.7 Å². The molecule has 0 heterocycles. The van der Waals surface area contributed by atoms with Gasteiger partial charge in [-0.2, -0.15) is 0 Å². The average Bonchev–Trinajstić information content (AvgIpc) is 2.29. The van der Waals surface area contributed by atoms with Gasteiger partial charge in [0.05, 0.1) is 0 Å². The third-order valence-electron chi connectivity index (χ3n) is 3.08. The highest BCUT2D eigenvalue weighted by molar-refractivity contribution is 5.73. The Morgan fingerprint density at radius 2 is 1.72 bits per heavy atom. The summed E-state index contributed by atoms with van der Waals surface area (Å²) in [5.41, 5.74) is 0. The zero-order chi connectivity index (χ0) is 14.0. The third-order valence-corrected chi connectivity index (χ3v) is 3.08. The van der Waals surface area contributed by atoms with Crippen molar-refractivity contribution < 1.29 is 14.7 Å². The summed E-state index contributed by atoms with van der Waals surface area (Å²) < 4.78 is 0. The summed E-state index contributed by atoms with van der Waals surface area (Å²) >= 11 is 0. The van der Waals surface area contributed by atoms with E-state index < -0.39 is 5.97 Å². The molecule has 0 rings (SSSR count). The summed E-state index contributed by atoms with van der Waals surface area (Å²) in [5, 5.41) is 14.0. The molecule has 0 spiro atoms. The second-order valence-corrected chi connectivity index (χ2v) is 5.06.